The number of carbonyl (C=O) groups excluding carboxylic acids is 1. The van der Waals surface area contributed by atoms with E-state index in [9.17, 15) is 14.7 Å². The van der Waals surface area contributed by atoms with Gasteiger partial charge in [-0.2, -0.15) is 0 Å². The number of nitrogen functional groups attached to an aromatic ring is 1. The van der Waals surface area contributed by atoms with Gasteiger partial charge in [-0.05, 0) is 85.2 Å². The summed E-state index contributed by atoms with van der Waals surface area (Å²) in [5, 5.41) is 11.8. The lowest BCUT2D eigenvalue weighted by molar-refractivity contribution is -0.137. The van der Waals surface area contributed by atoms with Gasteiger partial charge in [-0.3, -0.25) is 9.59 Å². The van der Waals surface area contributed by atoms with Gasteiger partial charge in [0.15, 0.2) is 0 Å². The van der Waals surface area contributed by atoms with E-state index in [1.165, 1.54) is 5.56 Å². The number of carbonyl (C=O) groups is 2. The monoisotopic (exact) mass is 514 g/mol. The Labute approximate surface area is 225 Å². The summed E-state index contributed by atoms with van der Waals surface area (Å²) < 4.78 is 0. The molecule has 0 bridgehead atoms. The minimum atomic E-state index is -0.869. The minimum absolute atomic E-state index is 0.0357. The van der Waals surface area contributed by atoms with Crippen LogP contribution in [0.4, 0.5) is 11.4 Å². The molecule has 0 aliphatic carbocycles. The molecule has 1 aliphatic heterocycles. The predicted octanol–water partition coefficient (Wildman–Crippen LogP) is 4.96. The predicted molar refractivity (Wildman–Crippen MR) is 153 cm³/mol. The van der Waals surface area contributed by atoms with Crippen LogP contribution in [0.5, 0.6) is 0 Å². The summed E-state index contributed by atoms with van der Waals surface area (Å²) >= 11 is 0. The van der Waals surface area contributed by atoms with Gasteiger partial charge in [-0.15, -0.1) is 0 Å². The number of hydrogen-bond acceptors (Lipinski definition) is 5. The average Bonchev–Trinajstić information content (AvgIpc) is 2.91. The molecule has 7 heteroatoms. The number of hydrogen-bond donors (Lipinski definition) is 3. The molecule has 1 aliphatic rings. The number of nitrogens with zero attached hydrogens (tertiary/aromatic N) is 2. The smallest absolute Gasteiger partial charge is 0.304 e. The summed E-state index contributed by atoms with van der Waals surface area (Å²) in [6, 6.07) is 16.0. The van der Waals surface area contributed by atoms with Gasteiger partial charge in [-0.1, -0.05) is 36.4 Å². The van der Waals surface area contributed by atoms with E-state index in [0.717, 1.165) is 57.6 Å². The molecule has 1 atom stereocenters. The molecule has 0 saturated carbocycles. The highest BCUT2D eigenvalue weighted by Crippen LogP contribution is 2.38. The molecule has 3 aromatic carbocycles. The molecule has 0 radical (unpaired) electrons. The zero-order chi connectivity index (χ0) is 27.6. The van der Waals surface area contributed by atoms with Gasteiger partial charge < -0.3 is 20.7 Å². The number of benzene rings is 3. The Morgan fingerprint density at radius 1 is 1.08 bits per heavy atom. The van der Waals surface area contributed by atoms with Crippen molar-refractivity contribution in [1.29, 1.82) is 0 Å². The number of fused-ring (bicyclic) bond motifs is 1. The largest absolute Gasteiger partial charge is 0.481 e. The zero-order valence-corrected chi connectivity index (χ0v) is 23.0. The minimum Gasteiger partial charge on any atom is -0.481 e. The molecular formula is C31H38N4O3. The van der Waals surface area contributed by atoms with Crippen LogP contribution in [0.3, 0.4) is 0 Å². The van der Waals surface area contributed by atoms with Gasteiger partial charge in [-0.25, -0.2) is 5.43 Å². The van der Waals surface area contributed by atoms with Gasteiger partial charge in [0.05, 0.1) is 17.8 Å². The summed E-state index contributed by atoms with van der Waals surface area (Å²) in [5.41, 5.74) is 19.0. The van der Waals surface area contributed by atoms with Gasteiger partial charge in [0.25, 0.3) is 5.91 Å². The number of amides is 1. The summed E-state index contributed by atoms with van der Waals surface area (Å²) in [6.45, 7) is 9.90. The Balaban J connectivity index is 1.69. The van der Waals surface area contributed by atoms with Crippen LogP contribution in [-0.4, -0.2) is 42.0 Å². The Kier molecular flexibility index (Phi) is 8.07. The number of nitrogens with two attached hydrogens (primary N) is 1. The maximum absolute atomic E-state index is 13.4. The number of carboxylic acid groups (broad SMARTS) is 1. The quantitative estimate of drug-likeness (QED) is 0.290. The lowest BCUT2D eigenvalue weighted by atomic mass is 9.83. The van der Waals surface area contributed by atoms with Crippen molar-refractivity contribution in [3.8, 4) is 0 Å². The van der Waals surface area contributed by atoms with Crippen molar-refractivity contribution in [1.82, 2.24) is 10.3 Å². The van der Waals surface area contributed by atoms with Crippen molar-refractivity contribution in [2.24, 2.45) is 0 Å². The third-order valence-electron chi connectivity index (χ3n) is 7.93. The molecule has 0 saturated heterocycles. The van der Waals surface area contributed by atoms with E-state index in [2.05, 4.69) is 17.6 Å². The van der Waals surface area contributed by atoms with Crippen molar-refractivity contribution in [2.45, 2.75) is 53.0 Å². The molecule has 1 heterocycles. The van der Waals surface area contributed by atoms with Crippen LogP contribution in [0.15, 0.2) is 48.5 Å². The molecule has 200 valence electrons. The van der Waals surface area contributed by atoms with Gasteiger partial charge in [0.2, 0.25) is 0 Å². The van der Waals surface area contributed by atoms with E-state index in [-0.39, 0.29) is 18.2 Å². The van der Waals surface area contributed by atoms with E-state index in [4.69, 9.17) is 5.73 Å². The molecule has 4 rings (SSSR count). The molecule has 3 aromatic rings. The second-order valence-electron chi connectivity index (χ2n) is 10.1. The second kappa shape index (κ2) is 11.3. The Morgan fingerprint density at radius 2 is 1.84 bits per heavy atom. The number of nitrogens with one attached hydrogen (secondary N) is 1. The van der Waals surface area contributed by atoms with Crippen molar-refractivity contribution in [3.05, 3.63) is 93.0 Å². The van der Waals surface area contributed by atoms with Gasteiger partial charge in [0.1, 0.15) is 0 Å². The highest BCUT2D eigenvalue weighted by molar-refractivity contribution is 5.96. The van der Waals surface area contributed by atoms with E-state index >= 15 is 0 Å². The number of rotatable bonds is 8. The van der Waals surface area contributed by atoms with E-state index in [1.54, 1.807) is 0 Å². The Bertz CT molecular complexity index is 1360. The van der Waals surface area contributed by atoms with Crippen molar-refractivity contribution < 1.29 is 14.7 Å². The number of carboxylic acids is 1. The third-order valence-corrected chi connectivity index (χ3v) is 7.93. The first-order valence-corrected chi connectivity index (χ1v) is 13.2. The van der Waals surface area contributed by atoms with Crippen molar-refractivity contribution in [3.63, 3.8) is 0 Å². The fourth-order valence-electron chi connectivity index (χ4n) is 5.50. The van der Waals surface area contributed by atoms with Crippen LogP contribution in [0.2, 0.25) is 0 Å². The first-order valence-electron chi connectivity index (χ1n) is 13.2. The Morgan fingerprint density at radius 3 is 2.53 bits per heavy atom. The molecule has 1 amide bonds. The number of aryl methyl sites for hydroxylation is 1. The summed E-state index contributed by atoms with van der Waals surface area (Å²) in [5.74, 6) is -1.19. The lowest BCUT2D eigenvalue weighted by Gasteiger charge is -2.31. The molecule has 0 fully saturated rings. The van der Waals surface area contributed by atoms with Crippen LogP contribution in [-0.2, 0) is 17.8 Å². The van der Waals surface area contributed by atoms with Crippen LogP contribution < -0.4 is 16.2 Å². The zero-order valence-electron chi connectivity index (χ0n) is 23.0. The van der Waals surface area contributed by atoms with E-state index in [0.29, 0.717) is 18.8 Å². The highest BCUT2D eigenvalue weighted by atomic mass is 16.4. The fraction of sp³-hybridized carbons (Fsp3) is 0.355. The maximum atomic E-state index is 13.4. The topological polar surface area (TPSA) is 98.9 Å². The fourth-order valence-corrected chi connectivity index (χ4v) is 5.50. The molecular weight excluding hydrogens is 476 g/mol. The van der Waals surface area contributed by atoms with Crippen molar-refractivity contribution in [2.75, 3.05) is 30.9 Å². The molecule has 1 unspecified atom stereocenters. The third kappa shape index (κ3) is 5.24. The van der Waals surface area contributed by atoms with Crippen LogP contribution in [0, 0.1) is 20.8 Å². The van der Waals surface area contributed by atoms with E-state index < -0.39 is 5.97 Å². The number of anilines is 2. The molecule has 4 N–H and O–H groups in total. The Hall–Kier alpha value is -3.84. The standard InChI is InChI=1S/C31H38N4O3/c1-6-35(33-5)28-13-12-25(21(4)30(28)32)27(17-29(36)37)23-11-10-22-14-15-34(18-24(22)16-23)31(38)26-9-7-8-19(2)20(26)3/h7-13,16,27,33H,6,14-15,17-18,32H2,1-5H3,(H,36,37). The van der Waals surface area contributed by atoms with Gasteiger partial charge >= 0.3 is 5.97 Å². The van der Waals surface area contributed by atoms with Crippen molar-refractivity contribution >= 4 is 23.3 Å². The molecule has 38 heavy (non-hydrogen) atoms. The van der Waals surface area contributed by atoms with Crippen LogP contribution in [0.25, 0.3) is 0 Å². The molecule has 0 spiro atoms. The highest BCUT2D eigenvalue weighted by Gasteiger charge is 2.27. The summed E-state index contributed by atoms with van der Waals surface area (Å²) in [6.07, 6.45) is 0.723. The summed E-state index contributed by atoms with van der Waals surface area (Å²) in [7, 11) is 1.85. The number of hydrazine groups is 1. The maximum Gasteiger partial charge on any atom is 0.304 e. The lowest BCUT2D eigenvalue weighted by Crippen LogP contribution is -2.36. The first-order chi connectivity index (χ1) is 18.2. The first kappa shape index (κ1) is 27.2. The average molecular weight is 515 g/mol. The second-order valence-corrected chi connectivity index (χ2v) is 10.1. The van der Waals surface area contributed by atoms with Crippen LogP contribution >= 0.6 is 0 Å². The SMILES string of the molecule is CCN(NC)c1ccc(C(CC(=O)O)c2ccc3c(c2)CN(C(=O)c2cccc(C)c2C)CC3)c(C)c1N. The molecule has 0 aromatic heterocycles. The van der Waals surface area contributed by atoms with Gasteiger partial charge in [0, 0.05) is 38.2 Å². The normalized spacial score (nSPS) is 13.7. The van der Waals surface area contributed by atoms with E-state index in [1.807, 2.05) is 81.0 Å². The van der Waals surface area contributed by atoms with Crippen LogP contribution in [0.1, 0.15) is 68.6 Å². The summed E-state index contributed by atoms with van der Waals surface area (Å²) in [4.78, 5) is 27.3. The number of aliphatic carboxylic acids is 1. The molecule has 7 nitrogen and oxygen atoms in total.